The number of hydrogen-bond donors (Lipinski definition) is 1. The molecule has 0 aliphatic rings. The van der Waals surface area contributed by atoms with Crippen molar-refractivity contribution in [3.8, 4) is 11.3 Å². The molecule has 2 heterocycles. The van der Waals surface area contributed by atoms with E-state index < -0.39 is 0 Å². The average molecular weight is 412 g/mol. The zero-order chi connectivity index (χ0) is 17.4. The first-order valence-corrected chi connectivity index (χ1v) is 9.38. The van der Waals surface area contributed by atoms with Crippen LogP contribution in [0.4, 0.5) is 5.69 Å². The van der Waals surface area contributed by atoms with Gasteiger partial charge in [-0.25, -0.2) is 4.98 Å². The highest BCUT2D eigenvalue weighted by Crippen LogP contribution is 2.25. The smallest absolute Gasteiger partial charge is 0.255 e. The molecule has 4 nitrogen and oxygen atoms in total. The van der Waals surface area contributed by atoms with Crippen molar-refractivity contribution in [1.82, 2.24) is 9.38 Å². The minimum atomic E-state index is -0.139. The molecule has 0 radical (unpaired) electrons. The number of nitrogens with one attached hydrogen (secondary N) is 1. The zero-order valence-electron chi connectivity index (χ0n) is 13.4. The predicted octanol–water partition coefficient (Wildman–Crippen LogP) is 5.39. The molecule has 0 bridgehead atoms. The van der Waals surface area contributed by atoms with E-state index in [0.29, 0.717) is 5.56 Å². The van der Waals surface area contributed by atoms with Crippen LogP contribution in [-0.2, 0) is 0 Å². The van der Waals surface area contributed by atoms with E-state index in [1.807, 2.05) is 42.6 Å². The van der Waals surface area contributed by atoms with E-state index in [2.05, 4.69) is 42.9 Å². The first-order chi connectivity index (χ1) is 12.1. The predicted molar refractivity (Wildman–Crippen MR) is 105 cm³/mol. The fraction of sp³-hybridized carbons (Fsp3) is 0.0526. The molecule has 1 N–H and O–H groups in total. The molecule has 25 heavy (non-hydrogen) atoms. The molecular weight excluding hydrogens is 398 g/mol. The minimum Gasteiger partial charge on any atom is -0.322 e. The fourth-order valence-corrected chi connectivity index (χ4v) is 3.87. The van der Waals surface area contributed by atoms with Crippen LogP contribution in [0, 0.1) is 6.92 Å². The van der Waals surface area contributed by atoms with E-state index in [1.54, 1.807) is 23.5 Å². The number of nitrogens with zero attached hydrogens (tertiary/aromatic N) is 2. The summed E-state index contributed by atoms with van der Waals surface area (Å²) in [4.78, 5) is 18.0. The fourth-order valence-electron chi connectivity index (χ4n) is 2.62. The summed E-state index contributed by atoms with van der Waals surface area (Å²) in [5.74, 6) is -0.139. The highest BCUT2D eigenvalue weighted by atomic mass is 79.9. The lowest BCUT2D eigenvalue weighted by molar-refractivity contribution is 0.102. The van der Waals surface area contributed by atoms with Gasteiger partial charge in [-0.05, 0) is 37.3 Å². The van der Waals surface area contributed by atoms with Crippen LogP contribution in [0.5, 0.6) is 0 Å². The number of benzene rings is 2. The lowest BCUT2D eigenvalue weighted by atomic mass is 10.1. The van der Waals surface area contributed by atoms with Crippen LogP contribution in [0.25, 0.3) is 16.2 Å². The van der Waals surface area contributed by atoms with Crippen LogP contribution in [0.2, 0.25) is 0 Å². The summed E-state index contributed by atoms with van der Waals surface area (Å²) >= 11 is 5.01. The number of aromatic nitrogens is 2. The van der Waals surface area contributed by atoms with Crippen molar-refractivity contribution in [2.45, 2.75) is 6.92 Å². The molecule has 2 aromatic heterocycles. The number of rotatable bonds is 3. The third-order valence-electron chi connectivity index (χ3n) is 3.89. The average Bonchev–Trinajstić information content (AvgIpc) is 3.17. The van der Waals surface area contributed by atoms with Gasteiger partial charge in [-0.3, -0.25) is 9.20 Å². The normalized spacial score (nSPS) is 11.0. The van der Waals surface area contributed by atoms with Crippen LogP contribution in [-0.4, -0.2) is 15.3 Å². The number of fused-ring (bicyclic) bond motifs is 1. The SMILES string of the molecule is Cc1csc2nc(-c3cccc(NC(=O)c4cccc(Br)c4)c3)cn12. The van der Waals surface area contributed by atoms with Gasteiger partial charge < -0.3 is 5.32 Å². The van der Waals surface area contributed by atoms with Crippen molar-refractivity contribution in [2.24, 2.45) is 0 Å². The highest BCUT2D eigenvalue weighted by Gasteiger charge is 2.10. The van der Waals surface area contributed by atoms with Crippen LogP contribution in [0.15, 0.2) is 64.6 Å². The van der Waals surface area contributed by atoms with Crippen LogP contribution in [0.3, 0.4) is 0 Å². The lowest BCUT2D eigenvalue weighted by Crippen LogP contribution is -2.11. The van der Waals surface area contributed by atoms with Gasteiger partial charge in [0.25, 0.3) is 5.91 Å². The second-order valence-corrected chi connectivity index (χ2v) is 7.45. The van der Waals surface area contributed by atoms with E-state index in [1.165, 1.54) is 0 Å². The molecule has 6 heteroatoms. The molecule has 0 fully saturated rings. The number of carbonyl (C=O) groups is 1. The van der Waals surface area contributed by atoms with Crippen LogP contribution in [0.1, 0.15) is 16.1 Å². The van der Waals surface area contributed by atoms with E-state index in [-0.39, 0.29) is 5.91 Å². The van der Waals surface area contributed by atoms with E-state index >= 15 is 0 Å². The number of aryl methyl sites for hydroxylation is 1. The van der Waals surface area contributed by atoms with Gasteiger partial charge in [0.1, 0.15) is 0 Å². The molecule has 4 rings (SSSR count). The molecule has 2 aromatic carbocycles. The van der Waals surface area contributed by atoms with Crippen molar-refractivity contribution in [3.05, 3.63) is 75.8 Å². The van der Waals surface area contributed by atoms with Gasteiger partial charge in [0, 0.05) is 38.6 Å². The van der Waals surface area contributed by atoms with Gasteiger partial charge in [-0.2, -0.15) is 0 Å². The lowest BCUT2D eigenvalue weighted by Gasteiger charge is -2.07. The van der Waals surface area contributed by atoms with Crippen molar-refractivity contribution in [1.29, 1.82) is 0 Å². The monoisotopic (exact) mass is 411 g/mol. The second kappa shape index (κ2) is 6.46. The molecule has 1 amide bonds. The summed E-state index contributed by atoms with van der Waals surface area (Å²) in [5, 5.41) is 5.03. The van der Waals surface area contributed by atoms with Gasteiger partial charge in [0.05, 0.1) is 5.69 Å². The number of anilines is 1. The summed E-state index contributed by atoms with van der Waals surface area (Å²) < 4.78 is 2.95. The molecule has 0 spiro atoms. The summed E-state index contributed by atoms with van der Waals surface area (Å²) in [6.45, 7) is 2.06. The van der Waals surface area contributed by atoms with Crippen molar-refractivity contribution in [2.75, 3.05) is 5.32 Å². The third kappa shape index (κ3) is 3.23. The van der Waals surface area contributed by atoms with Gasteiger partial charge in [-0.15, -0.1) is 11.3 Å². The Kier molecular flexibility index (Phi) is 4.15. The second-order valence-electron chi connectivity index (χ2n) is 5.70. The Hall–Kier alpha value is -2.44. The van der Waals surface area contributed by atoms with Crippen LogP contribution < -0.4 is 5.32 Å². The number of hydrogen-bond acceptors (Lipinski definition) is 3. The largest absolute Gasteiger partial charge is 0.322 e. The first-order valence-electron chi connectivity index (χ1n) is 7.71. The Bertz CT molecular complexity index is 1080. The maximum atomic E-state index is 12.4. The minimum absolute atomic E-state index is 0.139. The Morgan fingerprint density at radius 2 is 2.04 bits per heavy atom. The third-order valence-corrected chi connectivity index (χ3v) is 5.34. The number of carbonyl (C=O) groups excluding carboxylic acids is 1. The Morgan fingerprint density at radius 3 is 2.84 bits per heavy atom. The number of imidazole rings is 1. The van der Waals surface area contributed by atoms with Gasteiger partial charge in [0.15, 0.2) is 4.96 Å². The molecule has 0 saturated carbocycles. The molecule has 0 unspecified atom stereocenters. The summed E-state index contributed by atoms with van der Waals surface area (Å²) in [5.41, 5.74) is 4.39. The molecule has 124 valence electrons. The van der Waals surface area contributed by atoms with E-state index in [4.69, 9.17) is 0 Å². The standard InChI is InChI=1S/C19H14BrN3OS/c1-12-11-25-19-22-17(10-23(12)19)13-4-3-7-16(9-13)21-18(24)14-5-2-6-15(20)8-14/h2-11H,1H3,(H,21,24). The summed E-state index contributed by atoms with van der Waals surface area (Å²) in [7, 11) is 0. The quantitative estimate of drug-likeness (QED) is 0.491. The van der Waals surface area contributed by atoms with E-state index in [9.17, 15) is 4.79 Å². The van der Waals surface area contributed by atoms with Gasteiger partial charge >= 0.3 is 0 Å². The van der Waals surface area contributed by atoms with Gasteiger partial charge in [0.2, 0.25) is 0 Å². The zero-order valence-corrected chi connectivity index (χ0v) is 15.8. The Balaban J connectivity index is 1.61. The topological polar surface area (TPSA) is 46.4 Å². The molecule has 0 aliphatic heterocycles. The number of thiazole rings is 1. The number of halogens is 1. The molecule has 0 atom stereocenters. The molecule has 0 aliphatic carbocycles. The maximum Gasteiger partial charge on any atom is 0.255 e. The Morgan fingerprint density at radius 1 is 1.20 bits per heavy atom. The molecular formula is C19H14BrN3OS. The Labute approximate surface area is 157 Å². The summed E-state index contributed by atoms with van der Waals surface area (Å²) in [6, 6.07) is 15.1. The molecule has 4 aromatic rings. The molecule has 0 saturated heterocycles. The number of amides is 1. The highest BCUT2D eigenvalue weighted by molar-refractivity contribution is 9.10. The van der Waals surface area contributed by atoms with Crippen molar-refractivity contribution >= 4 is 43.8 Å². The van der Waals surface area contributed by atoms with Gasteiger partial charge in [-0.1, -0.05) is 34.1 Å². The maximum absolute atomic E-state index is 12.4. The van der Waals surface area contributed by atoms with Crippen molar-refractivity contribution in [3.63, 3.8) is 0 Å². The van der Waals surface area contributed by atoms with E-state index in [0.717, 1.165) is 32.1 Å². The first kappa shape index (κ1) is 16.1. The van der Waals surface area contributed by atoms with Crippen molar-refractivity contribution < 1.29 is 4.79 Å². The van der Waals surface area contributed by atoms with Crippen LogP contribution >= 0.6 is 27.3 Å². The summed E-state index contributed by atoms with van der Waals surface area (Å²) in [6.07, 6.45) is 2.02.